The van der Waals surface area contributed by atoms with Gasteiger partial charge in [-0.05, 0) is 30.4 Å². The third-order valence-corrected chi connectivity index (χ3v) is 3.81. The molecule has 0 saturated carbocycles. The van der Waals surface area contributed by atoms with E-state index < -0.39 is 0 Å². The molecule has 0 radical (unpaired) electrons. The van der Waals surface area contributed by atoms with E-state index in [1.54, 1.807) is 12.4 Å². The van der Waals surface area contributed by atoms with Gasteiger partial charge in [0.2, 0.25) is 0 Å². The van der Waals surface area contributed by atoms with E-state index >= 15 is 0 Å². The summed E-state index contributed by atoms with van der Waals surface area (Å²) < 4.78 is 0. The summed E-state index contributed by atoms with van der Waals surface area (Å²) in [6.07, 6.45) is 6.63. The number of benzene rings is 1. The molecule has 3 rings (SSSR count). The first-order valence-electron chi connectivity index (χ1n) is 6.71. The van der Waals surface area contributed by atoms with Crippen LogP contribution in [0, 0.1) is 0 Å². The number of nitrogens with zero attached hydrogens (tertiary/aromatic N) is 2. The number of aromatic nitrogens is 2. The number of nitrogens with two attached hydrogens (primary N) is 1. The number of rotatable bonds is 3. The van der Waals surface area contributed by atoms with Crippen molar-refractivity contribution in [3.63, 3.8) is 0 Å². The highest BCUT2D eigenvalue weighted by Crippen LogP contribution is 2.32. The molecule has 2 aromatic rings. The van der Waals surface area contributed by atoms with E-state index in [9.17, 15) is 0 Å². The number of anilines is 1. The number of fused-ring (bicyclic) bond motifs is 1. The molecule has 0 saturated heterocycles. The summed E-state index contributed by atoms with van der Waals surface area (Å²) in [7, 11) is 0. The molecule has 1 heterocycles. The van der Waals surface area contributed by atoms with E-state index in [0.717, 1.165) is 19.3 Å². The van der Waals surface area contributed by atoms with E-state index in [2.05, 4.69) is 39.6 Å². The molecule has 1 aliphatic rings. The minimum atomic E-state index is 0.241. The van der Waals surface area contributed by atoms with E-state index in [1.807, 2.05) is 0 Å². The van der Waals surface area contributed by atoms with Gasteiger partial charge in [-0.25, -0.2) is 9.97 Å². The largest absolute Gasteiger partial charge is 0.388 e. The number of aryl methyl sites for hydroxylation is 1. The van der Waals surface area contributed by atoms with Crippen LogP contribution in [0.15, 0.2) is 36.7 Å². The lowest BCUT2D eigenvalue weighted by molar-refractivity contribution is 0.598. The zero-order valence-electron chi connectivity index (χ0n) is 11.0. The molecule has 1 aliphatic carbocycles. The Balaban J connectivity index is 1.92. The van der Waals surface area contributed by atoms with E-state index in [-0.39, 0.29) is 11.0 Å². The first kappa shape index (κ1) is 13.0. The lowest BCUT2D eigenvalue weighted by Crippen LogP contribution is -2.21. The molecule has 0 amide bonds. The highest BCUT2D eigenvalue weighted by Gasteiger charge is 2.21. The zero-order chi connectivity index (χ0) is 13.9. The Bertz CT molecular complexity index is 641. The number of hydrogen-bond donors (Lipinski definition) is 2. The van der Waals surface area contributed by atoms with Crippen LogP contribution in [0.5, 0.6) is 0 Å². The van der Waals surface area contributed by atoms with Gasteiger partial charge in [-0.1, -0.05) is 36.5 Å². The molecule has 3 N–H and O–H groups in total. The van der Waals surface area contributed by atoms with Crippen LogP contribution in [0.1, 0.15) is 35.7 Å². The van der Waals surface area contributed by atoms with Crippen molar-refractivity contribution in [2.75, 3.05) is 5.32 Å². The number of thiocarbonyl (C=S) groups is 1. The van der Waals surface area contributed by atoms with Gasteiger partial charge in [0.05, 0.1) is 6.04 Å². The fourth-order valence-corrected chi connectivity index (χ4v) is 2.84. The molecule has 1 atom stereocenters. The molecule has 4 nitrogen and oxygen atoms in total. The lowest BCUT2D eigenvalue weighted by atomic mass is 9.88. The summed E-state index contributed by atoms with van der Waals surface area (Å²) >= 11 is 5.03. The van der Waals surface area contributed by atoms with Crippen molar-refractivity contribution in [3.05, 3.63) is 53.5 Å². The Kier molecular flexibility index (Phi) is 3.60. The monoisotopic (exact) mass is 284 g/mol. The van der Waals surface area contributed by atoms with Gasteiger partial charge in [0.15, 0.2) is 5.82 Å². The van der Waals surface area contributed by atoms with Crippen LogP contribution in [0.2, 0.25) is 0 Å². The molecule has 1 aromatic heterocycles. The van der Waals surface area contributed by atoms with Gasteiger partial charge in [0, 0.05) is 12.4 Å². The summed E-state index contributed by atoms with van der Waals surface area (Å²) in [4.78, 5) is 8.80. The fraction of sp³-hybridized carbons (Fsp3) is 0.267. The van der Waals surface area contributed by atoms with Gasteiger partial charge in [-0.3, -0.25) is 0 Å². The van der Waals surface area contributed by atoms with Crippen LogP contribution in [-0.4, -0.2) is 15.0 Å². The van der Waals surface area contributed by atoms with Crippen LogP contribution in [-0.2, 0) is 6.42 Å². The van der Waals surface area contributed by atoms with E-state index in [0.29, 0.717) is 11.5 Å². The Hall–Kier alpha value is -2.01. The Labute approximate surface area is 123 Å². The Morgan fingerprint density at radius 1 is 1.25 bits per heavy atom. The third kappa shape index (κ3) is 2.49. The van der Waals surface area contributed by atoms with Gasteiger partial charge >= 0.3 is 0 Å². The standard InChI is InChI=1S/C15H16N4S/c16-14(20)13-15(18-9-8-17-13)19-12-7-3-5-10-4-1-2-6-11(10)12/h1-2,4,6,8-9,12H,3,5,7H2,(H2,16,20)(H,18,19). The SMILES string of the molecule is NC(=S)c1nccnc1NC1CCCc2ccccc21. The van der Waals surface area contributed by atoms with Gasteiger partial charge in [0.1, 0.15) is 10.7 Å². The van der Waals surface area contributed by atoms with Crippen LogP contribution < -0.4 is 11.1 Å². The number of hydrogen-bond acceptors (Lipinski definition) is 4. The second-order valence-electron chi connectivity index (χ2n) is 4.91. The third-order valence-electron chi connectivity index (χ3n) is 3.61. The predicted molar refractivity (Wildman–Crippen MR) is 83.7 cm³/mol. The van der Waals surface area contributed by atoms with Crippen molar-refractivity contribution in [3.8, 4) is 0 Å². The average Bonchev–Trinajstić information content (AvgIpc) is 2.48. The highest BCUT2D eigenvalue weighted by molar-refractivity contribution is 7.80. The Morgan fingerprint density at radius 3 is 2.90 bits per heavy atom. The van der Waals surface area contributed by atoms with Gasteiger partial charge in [-0.15, -0.1) is 0 Å². The zero-order valence-corrected chi connectivity index (χ0v) is 11.9. The van der Waals surface area contributed by atoms with Gasteiger partial charge < -0.3 is 11.1 Å². The molecule has 5 heteroatoms. The molecular formula is C15H16N4S. The molecule has 1 aromatic carbocycles. The van der Waals surface area contributed by atoms with Crippen molar-refractivity contribution in [2.45, 2.75) is 25.3 Å². The summed E-state index contributed by atoms with van der Waals surface area (Å²) in [5, 5.41) is 3.45. The Morgan fingerprint density at radius 2 is 2.05 bits per heavy atom. The van der Waals surface area contributed by atoms with E-state index in [4.69, 9.17) is 18.0 Å². The lowest BCUT2D eigenvalue weighted by Gasteiger charge is -2.27. The van der Waals surface area contributed by atoms with Crippen molar-refractivity contribution in [2.24, 2.45) is 5.73 Å². The van der Waals surface area contributed by atoms with Crippen LogP contribution >= 0.6 is 12.2 Å². The molecule has 0 aliphatic heterocycles. The fourth-order valence-electron chi connectivity index (χ4n) is 2.69. The predicted octanol–water partition coefficient (Wildman–Crippen LogP) is 2.60. The highest BCUT2D eigenvalue weighted by atomic mass is 32.1. The maximum absolute atomic E-state index is 5.70. The molecule has 102 valence electrons. The summed E-state index contributed by atoms with van der Waals surface area (Å²) in [6.45, 7) is 0. The van der Waals surface area contributed by atoms with Crippen molar-refractivity contribution in [1.82, 2.24) is 9.97 Å². The maximum Gasteiger partial charge on any atom is 0.155 e. The first-order valence-corrected chi connectivity index (χ1v) is 7.11. The molecule has 1 unspecified atom stereocenters. The second kappa shape index (κ2) is 5.54. The maximum atomic E-state index is 5.70. The molecule has 0 fully saturated rings. The van der Waals surface area contributed by atoms with Crippen molar-refractivity contribution >= 4 is 23.0 Å². The van der Waals surface area contributed by atoms with Crippen molar-refractivity contribution in [1.29, 1.82) is 0 Å². The van der Waals surface area contributed by atoms with Crippen LogP contribution in [0.3, 0.4) is 0 Å². The average molecular weight is 284 g/mol. The molecule has 0 bridgehead atoms. The quantitative estimate of drug-likeness (QED) is 0.848. The summed E-state index contributed by atoms with van der Waals surface area (Å²) in [6, 6.07) is 8.76. The minimum Gasteiger partial charge on any atom is -0.388 e. The van der Waals surface area contributed by atoms with Gasteiger partial charge in [0.25, 0.3) is 0 Å². The summed E-state index contributed by atoms with van der Waals surface area (Å²) in [5.41, 5.74) is 9.00. The van der Waals surface area contributed by atoms with Crippen molar-refractivity contribution < 1.29 is 0 Å². The van der Waals surface area contributed by atoms with E-state index in [1.165, 1.54) is 11.1 Å². The van der Waals surface area contributed by atoms with Crippen LogP contribution in [0.25, 0.3) is 0 Å². The van der Waals surface area contributed by atoms with Crippen LogP contribution in [0.4, 0.5) is 5.82 Å². The number of nitrogens with one attached hydrogen (secondary N) is 1. The normalized spacial score (nSPS) is 17.3. The minimum absolute atomic E-state index is 0.241. The molecule has 20 heavy (non-hydrogen) atoms. The smallest absolute Gasteiger partial charge is 0.155 e. The van der Waals surface area contributed by atoms with Gasteiger partial charge in [-0.2, -0.15) is 0 Å². The first-order chi connectivity index (χ1) is 9.75. The topological polar surface area (TPSA) is 63.8 Å². The molecule has 0 spiro atoms. The molecular weight excluding hydrogens is 268 g/mol. The second-order valence-corrected chi connectivity index (χ2v) is 5.35. The summed E-state index contributed by atoms with van der Waals surface area (Å²) in [5.74, 6) is 0.668.